The summed E-state index contributed by atoms with van der Waals surface area (Å²) >= 11 is 0. The minimum Gasteiger partial charge on any atom is -0.496 e. The van der Waals surface area contributed by atoms with Crippen molar-refractivity contribution in [1.82, 2.24) is 4.72 Å². The molecule has 0 aromatic heterocycles. The second-order valence-electron chi connectivity index (χ2n) is 6.08. The van der Waals surface area contributed by atoms with E-state index in [1.807, 2.05) is 58.0 Å². The SMILES string of the molecule is CC[C@H](NS(=O)(=O)c1cc(C)ccc1C)c1ccc(OC)c(C)c1. The topological polar surface area (TPSA) is 55.4 Å². The molecule has 1 atom stereocenters. The van der Waals surface area contributed by atoms with Crippen molar-refractivity contribution in [2.75, 3.05) is 7.11 Å². The Labute approximate surface area is 144 Å². The molecular formula is C19H25NO3S. The molecule has 0 saturated heterocycles. The Kier molecular flexibility index (Phi) is 5.67. The Morgan fingerprint density at radius 3 is 2.33 bits per heavy atom. The molecule has 4 nitrogen and oxygen atoms in total. The number of methoxy groups -OCH3 is 1. The van der Waals surface area contributed by atoms with Crippen LogP contribution in [0.2, 0.25) is 0 Å². The van der Waals surface area contributed by atoms with Crippen molar-refractivity contribution in [3.8, 4) is 5.75 Å². The maximum absolute atomic E-state index is 12.8. The van der Waals surface area contributed by atoms with E-state index < -0.39 is 10.0 Å². The Hall–Kier alpha value is -1.85. The van der Waals surface area contributed by atoms with Gasteiger partial charge in [-0.05, 0) is 61.6 Å². The molecule has 0 bridgehead atoms. The minimum atomic E-state index is -3.58. The van der Waals surface area contributed by atoms with Crippen molar-refractivity contribution in [2.45, 2.75) is 45.1 Å². The third kappa shape index (κ3) is 3.97. The van der Waals surface area contributed by atoms with E-state index in [0.717, 1.165) is 28.0 Å². The molecule has 2 aromatic carbocycles. The average molecular weight is 347 g/mol. The van der Waals surface area contributed by atoms with Crippen LogP contribution >= 0.6 is 0 Å². The van der Waals surface area contributed by atoms with Crippen LogP contribution in [0.1, 0.15) is 41.6 Å². The summed E-state index contributed by atoms with van der Waals surface area (Å²) in [6.07, 6.45) is 0.663. The summed E-state index contributed by atoms with van der Waals surface area (Å²) in [6.45, 7) is 7.62. The van der Waals surface area contributed by atoms with Crippen LogP contribution in [-0.4, -0.2) is 15.5 Å². The van der Waals surface area contributed by atoms with Crippen LogP contribution in [0.25, 0.3) is 0 Å². The van der Waals surface area contributed by atoms with Crippen molar-refractivity contribution < 1.29 is 13.2 Å². The van der Waals surface area contributed by atoms with Gasteiger partial charge in [0.05, 0.1) is 12.0 Å². The third-order valence-corrected chi connectivity index (χ3v) is 5.77. The summed E-state index contributed by atoms with van der Waals surface area (Å²) in [5.41, 5.74) is 3.59. The molecule has 24 heavy (non-hydrogen) atoms. The van der Waals surface area contributed by atoms with Gasteiger partial charge in [-0.15, -0.1) is 0 Å². The Bertz CT molecular complexity index is 829. The van der Waals surface area contributed by atoms with E-state index in [1.165, 1.54) is 0 Å². The lowest BCUT2D eigenvalue weighted by atomic mass is 10.0. The van der Waals surface area contributed by atoms with Gasteiger partial charge in [-0.1, -0.05) is 31.2 Å². The third-order valence-electron chi connectivity index (χ3n) is 4.16. The number of rotatable bonds is 6. The highest BCUT2D eigenvalue weighted by atomic mass is 32.2. The highest BCUT2D eigenvalue weighted by molar-refractivity contribution is 7.89. The van der Waals surface area contributed by atoms with E-state index in [-0.39, 0.29) is 6.04 Å². The van der Waals surface area contributed by atoms with Crippen LogP contribution in [0.5, 0.6) is 5.75 Å². The van der Waals surface area contributed by atoms with Gasteiger partial charge >= 0.3 is 0 Å². The predicted molar refractivity (Wildman–Crippen MR) is 97.0 cm³/mol. The molecule has 0 saturated carbocycles. The zero-order chi connectivity index (χ0) is 17.9. The summed E-state index contributed by atoms with van der Waals surface area (Å²) in [7, 11) is -1.96. The molecule has 0 aliphatic carbocycles. The van der Waals surface area contributed by atoms with Crippen molar-refractivity contribution in [2.24, 2.45) is 0 Å². The zero-order valence-corrected chi connectivity index (χ0v) is 15.7. The average Bonchev–Trinajstić information content (AvgIpc) is 2.54. The molecule has 0 aliphatic heterocycles. The number of hydrogen-bond donors (Lipinski definition) is 1. The first kappa shape index (κ1) is 18.5. The smallest absolute Gasteiger partial charge is 0.241 e. The maximum atomic E-state index is 12.8. The molecule has 5 heteroatoms. The van der Waals surface area contributed by atoms with Gasteiger partial charge in [-0.2, -0.15) is 0 Å². The number of sulfonamides is 1. The van der Waals surface area contributed by atoms with Gasteiger partial charge in [0.25, 0.3) is 0 Å². The molecule has 1 N–H and O–H groups in total. The van der Waals surface area contributed by atoms with Gasteiger partial charge in [0.15, 0.2) is 0 Å². The first-order valence-electron chi connectivity index (χ1n) is 8.02. The number of hydrogen-bond acceptors (Lipinski definition) is 3. The van der Waals surface area contributed by atoms with Crippen LogP contribution in [0, 0.1) is 20.8 Å². The van der Waals surface area contributed by atoms with Crippen LogP contribution in [0.15, 0.2) is 41.3 Å². The summed E-state index contributed by atoms with van der Waals surface area (Å²) in [5, 5.41) is 0. The van der Waals surface area contributed by atoms with E-state index in [9.17, 15) is 8.42 Å². The highest BCUT2D eigenvalue weighted by Gasteiger charge is 2.22. The first-order chi connectivity index (χ1) is 11.3. The molecule has 2 aromatic rings. The van der Waals surface area contributed by atoms with Gasteiger partial charge in [0.2, 0.25) is 10.0 Å². The lowest BCUT2D eigenvalue weighted by Gasteiger charge is -2.20. The van der Waals surface area contributed by atoms with Gasteiger partial charge in [0.1, 0.15) is 5.75 Å². The Morgan fingerprint density at radius 2 is 1.75 bits per heavy atom. The maximum Gasteiger partial charge on any atom is 0.241 e. The van der Waals surface area contributed by atoms with Crippen LogP contribution < -0.4 is 9.46 Å². The molecule has 0 fully saturated rings. The van der Waals surface area contributed by atoms with Crippen LogP contribution in [-0.2, 0) is 10.0 Å². The molecule has 130 valence electrons. The number of ether oxygens (including phenoxy) is 1. The Morgan fingerprint density at radius 1 is 1.04 bits per heavy atom. The quantitative estimate of drug-likeness (QED) is 0.858. The largest absolute Gasteiger partial charge is 0.496 e. The standard InChI is InChI=1S/C19H25NO3S/c1-6-17(16-9-10-18(23-5)15(4)12-16)20-24(21,22)19-11-13(2)7-8-14(19)3/h7-12,17,20H,6H2,1-5H3/t17-/m0/s1. The van der Waals surface area contributed by atoms with E-state index in [0.29, 0.717) is 11.3 Å². The predicted octanol–water partition coefficient (Wildman–Crippen LogP) is 4.05. The highest BCUT2D eigenvalue weighted by Crippen LogP contribution is 2.26. The van der Waals surface area contributed by atoms with Crippen LogP contribution in [0.3, 0.4) is 0 Å². The van der Waals surface area contributed by atoms with Gasteiger partial charge in [-0.3, -0.25) is 0 Å². The number of aryl methyl sites for hydroxylation is 3. The Balaban J connectivity index is 2.35. The van der Waals surface area contributed by atoms with E-state index >= 15 is 0 Å². The van der Waals surface area contributed by atoms with Crippen molar-refractivity contribution in [1.29, 1.82) is 0 Å². The van der Waals surface area contributed by atoms with E-state index in [2.05, 4.69) is 4.72 Å². The summed E-state index contributed by atoms with van der Waals surface area (Å²) in [4.78, 5) is 0.339. The first-order valence-corrected chi connectivity index (χ1v) is 9.51. The molecule has 2 rings (SSSR count). The molecule has 0 amide bonds. The summed E-state index contributed by atoms with van der Waals surface area (Å²) < 4.78 is 33.8. The minimum absolute atomic E-state index is 0.278. The molecular weight excluding hydrogens is 322 g/mol. The normalized spacial score (nSPS) is 12.9. The van der Waals surface area contributed by atoms with Crippen molar-refractivity contribution in [3.63, 3.8) is 0 Å². The van der Waals surface area contributed by atoms with Crippen molar-refractivity contribution in [3.05, 3.63) is 58.7 Å². The second-order valence-corrected chi connectivity index (χ2v) is 7.76. The molecule has 0 spiro atoms. The molecule has 0 radical (unpaired) electrons. The summed E-state index contributed by atoms with van der Waals surface area (Å²) in [6, 6.07) is 10.9. The molecule has 0 aliphatic rings. The summed E-state index contributed by atoms with van der Waals surface area (Å²) in [5.74, 6) is 0.797. The fraction of sp³-hybridized carbons (Fsp3) is 0.368. The van der Waals surface area contributed by atoms with Crippen LogP contribution in [0.4, 0.5) is 0 Å². The fourth-order valence-electron chi connectivity index (χ4n) is 2.75. The lowest BCUT2D eigenvalue weighted by molar-refractivity contribution is 0.411. The monoisotopic (exact) mass is 347 g/mol. The van der Waals surface area contributed by atoms with Crippen molar-refractivity contribution >= 4 is 10.0 Å². The number of nitrogens with one attached hydrogen (secondary N) is 1. The number of benzene rings is 2. The van der Waals surface area contributed by atoms with Gasteiger partial charge < -0.3 is 4.74 Å². The molecule has 0 unspecified atom stereocenters. The zero-order valence-electron chi connectivity index (χ0n) is 14.9. The molecule has 0 heterocycles. The van der Waals surface area contributed by atoms with Gasteiger partial charge in [-0.25, -0.2) is 13.1 Å². The van der Waals surface area contributed by atoms with E-state index in [1.54, 1.807) is 13.2 Å². The van der Waals surface area contributed by atoms with Gasteiger partial charge in [0, 0.05) is 6.04 Å². The lowest BCUT2D eigenvalue weighted by Crippen LogP contribution is -2.29. The second kappa shape index (κ2) is 7.36. The van der Waals surface area contributed by atoms with E-state index in [4.69, 9.17) is 4.74 Å². The fourth-order valence-corrected chi connectivity index (χ4v) is 4.39.